The van der Waals surface area contributed by atoms with Crippen LogP contribution >= 0.6 is 46.4 Å². The lowest BCUT2D eigenvalue weighted by atomic mass is 10.2. The van der Waals surface area contributed by atoms with E-state index in [-0.39, 0.29) is 28.2 Å². The molecule has 2 aromatic carbocycles. The minimum atomic E-state index is -0.566. The second kappa shape index (κ2) is 8.55. The molecule has 3 aromatic rings. The molecule has 1 heterocycles. The molecule has 0 atom stereocenters. The average Bonchev–Trinajstić information content (AvgIpc) is 3.16. The van der Waals surface area contributed by atoms with Crippen molar-refractivity contribution in [2.75, 3.05) is 7.11 Å². The van der Waals surface area contributed by atoms with E-state index in [2.05, 4.69) is 10.1 Å². The molecular formula is C17H12Cl4N4O3. The molecule has 0 bridgehead atoms. The van der Waals surface area contributed by atoms with Crippen LogP contribution in [0, 0.1) is 0 Å². The van der Waals surface area contributed by atoms with Crippen molar-refractivity contribution in [1.82, 2.24) is 19.8 Å². The predicted molar refractivity (Wildman–Crippen MR) is 106 cm³/mol. The minimum absolute atomic E-state index is 0.0454. The molecule has 7 nitrogen and oxygen atoms in total. The third-order valence-electron chi connectivity index (χ3n) is 3.71. The van der Waals surface area contributed by atoms with E-state index in [0.29, 0.717) is 21.3 Å². The average molecular weight is 462 g/mol. The van der Waals surface area contributed by atoms with Crippen molar-refractivity contribution in [2.45, 2.75) is 6.54 Å². The van der Waals surface area contributed by atoms with Gasteiger partial charge in [-0.1, -0.05) is 52.5 Å². The quantitative estimate of drug-likeness (QED) is 0.552. The Bertz CT molecular complexity index is 1020. The normalized spacial score (nSPS) is 10.9. The van der Waals surface area contributed by atoms with Gasteiger partial charge in [0, 0.05) is 0 Å². The van der Waals surface area contributed by atoms with Crippen molar-refractivity contribution in [3.63, 3.8) is 0 Å². The molecule has 0 unspecified atom stereocenters. The number of rotatable bonds is 5. The van der Waals surface area contributed by atoms with Crippen LogP contribution in [0.3, 0.4) is 0 Å². The predicted octanol–water partition coefficient (Wildman–Crippen LogP) is 4.79. The monoisotopic (exact) mass is 460 g/mol. The van der Waals surface area contributed by atoms with E-state index in [4.69, 9.17) is 51.2 Å². The molecule has 0 radical (unpaired) electrons. The molecule has 0 aliphatic carbocycles. The zero-order valence-corrected chi connectivity index (χ0v) is 17.3. The minimum Gasteiger partial charge on any atom is -0.505 e. The van der Waals surface area contributed by atoms with Gasteiger partial charge in [-0.05, 0) is 29.8 Å². The Morgan fingerprint density at radius 2 is 1.79 bits per heavy atom. The molecule has 1 aromatic heterocycles. The highest BCUT2D eigenvalue weighted by molar-refractivity contribution is 6.42. The van der Waals surface area contributed by atoms with Crippen LogP contribution in [0.1, 0.15) is 16.2 Å². The smallest absolute Gasteiger partial charge is 0.317 e. The summed E-state index contributed by atoms with van der Waals surface area (Å²) in [6, 6.07) is 7.86. The summed E-state index contributed by atoms with van der Waals surface area (Å²) < 4.78 is 1.30. The van der Waals surface area contributed by atoms with Gasteiger partial charge in [0.25, 0.3) is 0 Å². The summed E-state index contributed by atoms with van der Waals surface area (Å²) in [6.07, 6.45) is 1.32. The van der Waals surface area contributed by atoms with Gasteiger partial charge in [0.2, 0.25) is 5.82 Å². The lowest BCUT2D eigenvalue weighted by molar-refractivity contribution is -0.102. The van der Waals surface area contributed by atoms with Crippen molar-refractivity contribution in [3.05, 3.63) is 68.1 Å². The number of hydroxylamine groups is 2. The molecule has 3 rings (SSSR count). The van der Waals surface area contributed by atoms with E-state index in [0.717, 1.165) is 5.06 Å². The van der Waals surface area contributed by atoms with Gasteiger partial charge in [-0.25, -0.2) is 14.7 Å². The van der Waals surface area contributed by atoms with E-state index < -0.39 is 5.91 Å². The number of amides is 1. The SMILES string of the molecule is CON(Cc1ccc(Cl)c(Cl)c1)C(=O)c1ncn(-c2cc(Cl)c(O)c(Cl)c2)n1. The Morgan fingerprint density at radius 1 is 1.11 bits per heavy atom. The summed E-state index contributed by atoms with van der Waals surface area (Å²) in [6.45, 7) is 0.109. The topological polar surface area (TPSA) is 80.5 Å². The first-order valence-corrected chi connectivity index (χ1v) is 9.21. The summed E-state index contributed by atoms with van der Waals surface area (Å²) in [5.74, 6) is -0.916. The molecule has 0 spiro atoms. The number of phenols is 1. The Kier molecular flexibility index (Phi) is 6.32. The molecule has 0 aliphatic heterocycles. The standard InChI is InChI=1S/C17H12Cl4N4O3/c1-28-25(7-9-2-3-11(18)12(19)4-9)17(27)16-22-8-24(23-16)10-5-13(20)15(26)14(21)6-10/h2-6,8,26H,7H2,1H3. The van der Waals surface area contributed by atoms with Crippen LogP contribution in [-0.2, 0) is 11.4 Å². The van der Waals surface area contributed by atoms with Gasteiger partial charge in [-0.15, -0.1) is 5.10 Å². The lowest BCUT2D eigenvalue weighted by Gasteiger charge is -2.18. The fraction of sp³-hybridized carbons (Fsp3) is 0.118. The molecular weight excluding hydrogens is 450 g/mol. The molecule has 146 valence electrons. The summed E-state index contributed by atoms with van der Waals surface area (Å²) in [5.41, 5.74) is 1.13. The van der Waals surface area contributed by atoms with Crippen molar-refractivity contribution in [1.29, 1.82) is 0 Å². The first-order valence-electron chi connectivity index (χ1n) is 7.70. The summed E-state index contributed by atoms with van der Waals surface area (Å²) in [7, 11) is 1.35. The van der Waals surface area contributed by atoms with Gasteiger partial charge < -0.3 is 5.11 Å². The Balaban J connectivity index is 1.83. The first kappa shape index (κ1) is 20.7. The van der Waals surface area contributed by atoms with E-state index in [1.807, 2.05) is 0 Å². The molecule has 11 heteroatoms. The first-order chi connectivity index (χ1) is 13.3. The van der Waals surface area contributed by atoms with Crippen molar-refractivity contribution < 1.29 is 14.7 Å². The zero-order valence-electron chi connectivity index (χ0n) is 14.2. The van der Waals surface area contributed by atoms with Crippen LogP contribution in [0.5, 0.6) is 5.75 Å². The van der Waals surface area contributed by atoms with Crippen molar-refractivity contribution in [2.24, 2.45) is 0 Å². The molecule has 0 fully saturated rings. The Morgan fingerprint density at radius 3 is 2.39 bits per heavy atom. The van der Waals surface area contributed by atoms with Crippen molar-refractivity contribution in [3.8, 4) is 11.4 Å². The van der Waals surface area contributed by atoms with E-state index >= 15 is 0 Å². The molecule has 0 saturated carbocycles. The fourth-order valence-electron chi connectivity index (χ4n) is 2.30. The number of phenolic OH excluding ortho intramolecular Hbond substituents is 1. The van der Waals surface area contributed by atoms with Crippen LogP contribution in [0.15, 0.2) is 36.7 Å². The molecule has 0 saturated heterocycles. The van der Waals surface area contributed by atoms with Crippen LogP contribution in [-0.4, -0.2) is 38.0 Å². The number of hydrogen-bond donors (Lipinski definition) is 1. The number of halogens is 4. The van der Waals surface area contributed by atoms with Gasteiger partial charge in [-0.3, -0.25) is 9.63 Å². The maximum atomic E-state index is 12.7. The van der Waals surface area contributed by atoms with E-state index in [1.54, 1.807) is 18.2 Å². The van der Waals surface area contributed by atoms with Crippen molar-refractivity contribution >= 4 is 52.3 Å². The van der Waals surface area contributed by atoms with E-state index in [9.17, 15) is 9.90 Å². The molecule has 1 N–H and O–H groups in total. The van der Waals surface area contributed by atoms with Gasteiger partial charge in [0.15, 0.2) is 5.75 Å². The highest BCUT2D eigenvalue weighted by Gasteiger charge is 2.21. The molecule has 28 heavy (non-hydrogen) atoms. The third-order valence-corrected chi connectivity index (χ3v) is 5.02. The lowest BCUT2D eigenvalue weighted by Crippen LogP contribution is -2.30. The zero-order chi connectivity index (χ0) is 20.4. The highest BCUT2D eigenvalue weighted by atomic mass is 35.5. The largest absolute Gasteiger partial charge is 0.505 e. The number of hydrogen-bond acceptors (Lipinski definition) is 5. The van der Waals surface area contributed by atoms with Gasteiger partial charge >= 0.3 is 5.91 Å². The highest BCUT2D eigenvalue weighted by Crippen LogP contribution is 2.33. The maximum Gasteiger partial charge on any atom is 0.317 e. The molecule has 1 amide bonds. The van der Waals surface area contributed by atoms with Crippen LogP contribution in [0.25, 0.3) is 5.69 Å². The second-order valence-corrected chi connectivity index (χ2v) is 7.17. The summed E-state index contributed by atoms with van der Waals surface area (Å²) in [4.78, 5) is 21.8. The van der Waals surface area contributed by atoms with Crippen LogP contribution < -0.4 is 0 Å². The summed E-state index contributed by atoms with van der Waals surface area (Å²) >= 11 is 23.7. The van der Waals surface area contributed by atoms with Crippen LogP contribution in [0.2, 0.25) is 20.1 Å². The summed E-state index contributed by atoms with van der Waals surface area (Å²) in [5, 5.41) is 15.7. The Hall–Kier alpha value is -2.03. The van der Waals surface area contributed by atoms with E-state index in [1.165, 1.54) is 30.3 Å². The number of aromatic hydroxyl groups is 1. The van der Waals surface area contributed by atoms with Gasteiger partial charge in [-0.2, -0.15) is 0 Å². The Labute approximate surface area is 179 Å². The van der Waals surface area contributed by atoms with Gasteiger partial charge in [0.1, 0.15) is 6.33 Å². The maximum absolute atomic E-state index is 12.7. The second-order valence-electron chi connectivity index (χ2n) is 5.54. The number of carbonyl (C=O) groups excluding carboxylic acids is 1. The number of aromatic nitrogens is 3. The van der Waals surface area contributed by atoms with Gasteiger partial charge in [0.05, 0.1) is 39.4 Å². The van der Waals surface area contributed by atoms with Crippen LogP contribution in [0.4, 0.5) is 0 Å². The fourth-order valence-corrected chi connectivity index (χ4v) is 3.10. The number of carbonyl (C=O) groups is 1. The molecule has 0 aliphatic rings. The number of benzene rings is 2. The third kappa shape index (κ3) is 4.34. The number of nitrogens with zero attached hydrogens (tertiary/aromatic N) is 4.